The van der Waals surface area contributed by atoms with Crippen LogP contribution in [0.1, 0.15) is 29.2 Å². The molecular weight excluding hydrogens is 524 g/mol. The number of benzene rings is 3. The maximum absolute atomic E-state index is 13.2. The van der Waals surface area contributed by atoms with Crippen molar-refractivity contribution < 1.29 is 23.9 Å². The van der Waals surface area contributed by atoms with E-state index in [-0.39, 0.29) is 5.57 Å². The van der Waals surface area contributed by atoms with Gasteiger partial charge in [-0.1, -0.05) is 47.5 Å². The molecule has 4 rings (SSSR count). The van der Waals surface area contributed by atoms with E-state index in [0.29, 0.717) is 40.4 Å². The number of amides is 4. The summed E-state index contributed by atoms with van der Waals surface area (Å²) in [6, 6.07) is 17.6. The SMILES string of the molecule is CCOc1cc(/C=C2\C(=O)NC(=O)N(c3ccc(C)cc3)C2=O)cc(Br)c1OCc1ccc(C)cc1. The van der Waals surface area contributed by atoms with Crippen molar-refractivity contribution in [1.29, 1.82) is 0 Å². The Kier molecular flexibility index (Phi) is 7.55. The highest BCUT2D eigenvalue weighted by Gasteiger charge is 2.36. The summed E-state index contributed by atoms with van der Waals surface area (Å²) in [6.45, 7) is 6.51. The highest BCUT2D eigenvalue weighted by atomic mass is 79.9. The van der Waals surface area contributed by atoms with Gasteiger partial charge in [0.05, 0.1) is 16.8 Å². The number of imide groups is 2. The van der Waals surface area contributed by atoms with Crippen molar-refractivity contribution in [2.75, 3.05) is 11.5 Å². The fraction of sp³-hybridized carbons (Fsp3) is 0.179. The van der Waals surface area contributed by atoms with Gasteiger partial charge in [-0.25, -0.2) is 9.69 Å². The van der Waals surface area contributed by atoms with Crippen molar-refractivity contribution in [3.8, 4) is 11.5 Å². The van der Waals surface area contributed by atoms with Gasteiger partial charge >= 0.3 is 6.03 Å². The summed E-state index contributed by atoms with van der Waals surface area (Å²) in [7, 11) is 0. The van der Waals surface area contributed by atoms with E-state index >= 15 is 0 Å². The fourth-order valence-electron chi connectivity index (χ4n) is 3.67. The van der Waals surface area contributed by atoms with Crippen molar-refractivity contribution in [3.05, 3.63) is 93.0 Å². The van der Waals surface area contributed by atoms with Crippen LogP contribution in [0.25, 0.3) is 6.08 Å². The molecule has 7 nitrogen and oxygen atoms in total. The fourth-order valence-corrected chi connectivity index (χ4v) is 4.24. The minimum atomic E-state index is -0.790. The van der Waals surface area contributed by atoms with Gasteiger partial charge in [0.15, 0.2) is 11.5 Å². The van der Waals surface area contributed by atoms with Gasteiger partial charge < -0.3 is 9.47 Å². The molecule has 4 amide bonds. The summed E-state index contributed by atoms with van der Waals surface area (Å²) < 4.78 is 12.4. The van der Waals surface area contributed by atoms with Gasteiger partial charge in [0, 0.05) is 0 Å². The molecule has 1 saturated heterocycles. The van der Waals surface area contributed by atoms with E-state index < -0.39 is 17.8 Å². The number of hydrogen-bond donors (Lipinski definition) is 1. The Bertz CT molecular complexity index is 1350. The number of halogens is 1. The maximum Gasteiger partial charge on any atom is 0.335 e. The molecule has 0 aromatic heterocycles. The molecule has 0 spiro atoms. The number of nitrogens with one attached hydrogen (secondary N) is 1. The number of carbonyl (C=O) groups is 3. The summed E-state index contributed by atoms with van der Waals surface area (Å²) in [6.07, 6.45) is 1.43. The second-order valence-corrected chi connectivity index (χ2v) is 9.19. The molecule has 184 valence electrons. The first-order chi connectivity index (χ1) is 17.3. The smallest absolute Gasteiger partial charge is 0.335 e. The molecule has 1 N–H and O–H groups in total. The number of hydrogen-bond acceptors (Lipinski definition) is 5. The Morgan fingerprint density at radius 2 is 1.56 bits per heavy atom. The monoisotopic (exact) mass is 548 g/mol. The highest BCUT2D eigenvalue weighted by Crippen LogP contribution is 2.38. The minimum Gasteiger partial charge on any atom is -0.490 e. The van der Waals surface area contributed by atoms with E-state index in [1.807, 2.05) is 45.0 Å². The molecule has 0 radical (unpaired) electrons. The average molecular weight is 549 g/mol. The lowest BCUT2D eigenvalue weighted by Crippen LogP contribution is -2.54. The molecule has 1 fully saturated rings. The molecule has 0 aliphatic carbocycles. The number of barbiturate groups is 1. The minimum absolute atomic E-state index is 0.169. The number of carbonyl (C=O) groups excluding carboxylic acids is 3. The normalized spacial score (nSPS) is 14.7. The number of rotatable bonds is 7. The van der Waals surface area contributed by atoms with E-state index in [0.717, 1.165) is 21.6 Å². The Morgan fingerprint density at radius 3 is 2.19 bits per heavy atom. The van der Waals surface area contributed by atoms with Gasteiger partial charge in [0.2, 0.25) is 0 Å². The summed E-state index contributed by atoms with van der Waals surface area (Å²) >= 11 is 3.53. The third kappa shape index (κ3) is 5.49. The predicted molar refractivity (Wildman–Crippen MR) is 141 cm³/mol. The van der Waals surface area contributed by atoms with Gasteiger partial charge in [-0.15, -0.1) is 0 Å². The lowest BCUT2D eigenvalue weighted by atomic mass is 10.1. The maximum atomic E-state index is 13.2. The standard InChI is InChI=1S/C28H25BrN2O5/c1-4-35-24-15-20(14-23(29)25(24)36-16-19-9-5-17(2)6-10-19)13-22-26(32)30-28(34)31(27(22)33)21-11-7-18(3)8-12-21/h5-15H,4,16H2,1-3H3,(H,30,32,34)/b22-13+. The number of ether oxygens (including phenoxy) is 2. The molecule has 3 aromatic rings. The van der Waals surface area contributed by atoms with Crippen molar-refractivity contribution in [2.24, 2.45) is 0 Å². The Labute approximate surface area is 217 Å². The quantitative estimate of drug-likeness (QED) is 0.302. The largest absolute Gasteiger partial charge is 0.490 e. The summed E-state index contributed by atoms with van der Waals surface area (Å²) in [4.78, 5) is 39.2. The zero-order chi connectivity index (χ0) is 25.8. The molecule has 3 aromatic carbocycles. The van der Waals surface area contributed by atoms with E-state index in [1.165, 1.54) is 6.08 Å². The Morgan fingerprint density at radius 1 is 0.917 bits per heavy atom. The first-order valence-corrected chi connectivity index (χ1v) is 12.2. The topological polar surface area (TPSA) is 84.9 Å². The molecule has 36 heavy (non-hydrogen) atoms. The lowest BCUT2D eigenvalue weighted by molar-refractivity contribution is -0.122. The van der Waals surface area contributed by atoms with Gasteiger partial charge in [0.25, 0.3) is 11.8 Å². The third-order valence-electron chi connectivity index (χ3n) is 5.54. The Balaban J connectivity index is 1.65. The number of aryl methyl sites for hydroxylation is 2. The van der Waals surface area contributed by atoms with Crippen molar-refractivity contribution in [1.82, 2.24) is 5.32 Å². The van der Waals surface area contributed by atoms with Crippen LogP contribution in [0.3, 0.4) is 0 Å². The molecule has 0 bridgehead atoms. The number of nitrogens with zero attached hydrogens (tertiary/aromatic N) is 1. The van der Waals surface area contributed by atoms with Crippen LogP contribution in [-0.2, 0) is 16.2 Å². The van der Waals surface area contributed by atoms with Crippen molar-refractivity contribution >= 4 is 45.5 Å². The zero-order valence-electron chi connectivity index (χ0n) is 20.1. The summed E-state index contributed by atoms with van der Waals surface area (Å²) in [5, 5.41) is 2.24. The second kappa shape index (κ2) is 10.8. The van der Waals surface area contributed by atoms with Crippen LogP contribution < -0.4 is 19.7 Å². The molecule has 1 aliphatic heterocycles. The van der Waals surface area contributed by atoms with E-state index in [4.69, 9.17) is 9.47 Å². The lowest BCUT2D eigenvalue weighted by Gasteiger charge is -2.26. The summed E-state index contributed by atoms with van der Waals surface area (Å²) in [5.41, 5.74) is 3.89. The van der Waals surface area contributed by atoms with Crippen LogP contribution >= 0.6 is 15.9 Å². The molecule has 1 heterocycles. The second-order valence-electron chi connectivity index (χ2n) is 8.33. The van der Waals surface area contributed by atoms with Gasteiger partial charge in [-0.2, -0.15) is 0 Å². The molecular formula is C28H25BrN2O5. The van der Waals surface area contributed by atoms with Crippen LogP contribution in [0.4, 0.5) is 10.5 Å². The Hall–Kier alpha value is -3.91. The van der Waals surface area contributed by atoms with Crippen molar-refractivity contribution in [3.63, 3.8) is 0 Å². The first-order valence-electron chi connectivity index (χ1n) is 11.4. The van der Waals surface area contributed by atoms with E-state index in [9.17, 15) is 14.4 Å². The average Bonchev–Trinajstić information content (AvgIpc) is 2.83. The molecule has 8 heteroatoms. The number of anilines is 1. The predicted octanol–water partition coefficient (Wildman–Crippen LogP) is 5.71. The van der Waals surface area contributed by atoms with Crippen LogP contribution in [0.2, 0.25) is 0 Å². The molecule has 0 saturated carbocycles. The summed E-state index contributed by atoms with van der Waals surface area (Å²) in [5.74, 6) is -0.500. The van der Waals surface area contributed by atoms with E-state index in [2.05, 4.69) is 21.2 Å². The zero-order valence-corrected chi connectivity index (χ0v) is 21.7. The van der Waals surface area contributed by atoms with Crippen molar-refractivity contribution in [2.45, 2.75) is 27.4 Å². The van der Waals surface area contributed by atoms with Gasteiger partial charge in [0.1, 0.15) is 12.2 Å². The first kappa shape index (κ1) is 25.2. The van der Waals surface area contributed by atoms with Gasteiger partial charge in [-0.3, -0.25) is 14.9 Å². The van der Waals surface area contributed by atoms with Crippen LogP contribution in [-0.4, -0.2) is 24.5 Å². The van der Waals surface area contributed by atoms with Crippen LogP contribution in [0, 0.1) is 13.8 Å². The molecule has 0 atom stereocenters. The highest BCUT2D eigenvalue weighted by molar-refractivity contribution is 9.10. The van der Waals surface area contributed by atoms with Crippen LogP contribution in [0.15, 0.2) is 70.7 Å². The number of urea groups is 1. The third-order valence-corrected chi connectivity index (χ3v) is 6.13. The molecule has 0 unspecified atom stereocenters. The van der Waals surface area contributed by atoms with Gasteiger partial charge in [-0.05, 0) is 78.2 Å². The van der Waals surface area contributed by atoms with Crippen LogP contribution in [0.5, 0.6) is 11.5 Å². The molecule has 1 aliphatic rings. The van der Waals surface area contributed by atoms with E-state index in [1.54, 1.807) is 36.4 Å².